The van der Waals surface area contributed by atoms with E-state index in [0.29, 0.717) is 0 Å². The maximum Gasteiger partial charge on any atom is 0.209 e. The van der Waals surface area contributed by atoms with Gasteiger partial charge in [0.15, 0.2) is 0 Å². The number of fused-ring (bicyclic) bond motifs is 1. The van der Waals surface area contributed by atoms with E-state index >= 15 is 0 Å². The largest absolute Gasteiger partial charge is 0.332 e. The highest BCUT2D eigenvalue weighted by Gasteiger charge is 2.12. The van der Waals surface area contributed by atoms with E-state index in [1.807, 2.05) is 6.20 Å². The molecule has 0 radical (unpaired) electrons. The number of rotatable bonds is 3. The lowest BCUT2D eigenvalue weighted by Gasteiger charge is -2.13. The first-order chi connectivity index (χ1) is 7.04. The lowest BCUT2D eigenvalue weighted by Crippen LogP contribution is -2.27. The number of hydrogen-bond acceptors (Lipinski definition) is 4. The Morgan fingerprint density at radius 1 is 1.62 bits per heavy atom. The van der Waals surface area contributed by atoms with Crippen LogP contribution in [0.5, 0.6) is 0 Å². The normalized spacial score (nSPS) is 15.3. The van der Waals surface area contributed by atoms with Crippen molar-refractivity contribution in [2.45, 2.75) is 19.6 Å². The summed E-state index contributed by atoms with van der Waals surface area (Å²) < 4.78 is 26.3. The Morgan fingerprint density at radius 2 is 2.38 bits per heavy atom. The van der Waals surface area contributed by atoms with Crippen LogP contribution in [0.25, 0.3) is 0 Å². The molecule has 0 saturated heterocycles. The maximum absolute atomic E-state index is 10.9. The minimum absolute atomic E-state index is 0. The highest BCUT2D eigenvalue weighted by molar-refractivity contribution is 7.88. The summed E-state index contributed by atoms with van der Waals surface area (Å²) in [6.07, 6.45) is 3.04. The summed E-state index contributed by atoms with van der Waals surface area (Å²) in [5.74, 6) is 0.964. The van der Waals surface area contributed by atoms with Gasteiger partial charge >= 0.3 is 0 Å². The topological polar surface area (TPSA) is 76.0 Å². The fourth-order valence-corrected chi connectivity index (χ4v) is 1.95. The molecule has 0 bridgehead atoms. The lowest BCUT2D eigenvalue weighted by molar-refractivity contribution is 0.505. The zero-order valence-corrected chi connectivity index (χ0v) is 10.6. The average Bonchev–Trinajstić information content (AvgIpc) is 2.56. The van der Waals surface area contributed by atoms with Crippen LogP contribution in [0.2, 0.25) is 0 Å². The second-order valence-corrected chi connectivity index (χ2v) is 5.44. The molecule has 6 nitrogen and oxygen atoms in total. The molecule has 1 aliphatic rings. The van der Waals surface area contributed by atoms with Gasteiger partial charge in [-0.3, -0.25) is 0 Å². The van der Waals surface area contributed by atoms with E-state index in [1.54, 1.807) is 0 Å². The van der Waals surface area contributed by atoms with Gasteiger partial charge in [-0.1, -0.05) is 0 Å². The minimum Gasteiger partial charge on any atom is -0.332 e. The van der Waals surface area contributed by atoms with E-state index in [0.717, 1.165) is 37.4 Å². The smallest absolute Gasteiger partial charge is 0.209 e. The van der Waals surface area contributed by atoms with E-state index in [1.165, 1.54) is 0 Å². The molecule has 0 unspecified atom stereocenters. The Balaban J connectivity index is 0.00000128. The van der Waals surface area contributed by atoms with E-state index in [9.17, 15) is 8.42 Å². The zero-order chi connectivity index (χ0) is 10.9. The molecule has 0 fully saturated rings. The molecule has 8 heteroatoms. The van der Waals surface area contributed by atoms with Crippen LogP contribution in [0, 0.1) is 0 Å². The van der Waals surface area contributed by atoms with Gasteiger partial charge in [0.1, 0.15) is 5.82 Å². The van der Waals surface area contributed by atoms with Gasteiger partial charge in [-0.25, -0.2) is 18.1 Å². The number of imidazole rings is 1. The van der Waals surface area contributed by atoms with E-state index in [4.69, 9.17) is 0 Å². The molecule has 2 rings (SSSR count). The Kier molecular flexibility index (Phi) is 4.31. The number of hydrogen-bond donors (Lipinski definition) is 2. The maximum atomic E-state index is 10.9. The molecule has 1 aliphatic heterocycles. The van der Waals surface area contributed by atoms with E-state index in [2.05, 4.69) is 19.6 Å². The van der Waals surface area contributed by atoms with Gasteiger partial charge < -0.3 is 9.88 Å². The van der Waals surface area contributed by atoms with Crippen molar-refractivity contribution in [3.05, 3.63) is 17.7 Å². The third kappa shape index (κ3) is 3.44. The SMILES string of the molecule is CS(=O)(=O)NCc1cn2c(n1)CNCC2.Cl. The van der Waals surface area contributed by atoms with Crippen LogP contribution in [-0.4, -0.2) is 30.8 Å². The number of nitrogens with one attached hydrogen (secondary N) is 2. The van der Waals surface area contributed by atoms with Crippen LogP contribution < -0.4 is 10.0 Å². The van der Waals surface area contributed by atoms with Gasteiger partial charge in [0.25, 0.3) is 0 Å². The van der Waals surface area contributed by atoms with Crippen molar-refractivity contribution >= 4 is 22.4 Å². The highest BCUT2D eigenvalue weighted by Crippen LogP contribution is 2.06. The molecule has 2 N–H and O–H groups in total. The second kappa shape index (κ2) is 5.13. The molecule has 0 aromatic carbocycles. The summed E-state index contributed by atoms with van der Waals surface area (Å²) in [5, 5.41) is 3.20. The molecule has 1 aromatic heterocycles. The number of sulfonamides is 1. The molecule has 1 aromatic rings. The Hall–Kier alpha value is -0.630. The summed E-state index contributed by atoms with van der Waals surface area (Å²) >= 11 is 0. The third-order valence-corrected chi connectivity index (χ3v) is 2.91. The van der Waals surface area contributed by atoms with Gasteiger partial charge in [-0.2, -0.15) is 0 Å². The molecule has 0 amide bonds. The predicted octanol–water partition coefficient (Wildman–Crippen LogP) is -0.543. The van der Waals surface area contributed by atoms with Crippen LogP contribution in [0.15, 0.2) is 6.20 Å². The molecule has 0 saturated carbocycles. The Morgan fingerprint density at radius 3 is 3.00 bits per heavy atom. The van der Waals surface area contributed by atoms with Crippen molar-refractivity contribution in [3.8, 4) is 0 Å². The molecule has 0 atom stereocenters. The van der Waals surface area contributed by atoms with Crippen LogP contribution in [0.3, 0.4) is 0 Å². The summed E-state index contributed by atoms with van der Waals surface area (Å²) in [5.41, 5.74) is 0.763. The Bertz CT molecular complexity index is 433. The van der Waals surface area contributed by atoms with Crippen LogP contribution in [-0.2, 0) is 29.7 Å². The number of halogens is 1. The molecular formula is C8H15ClN4O2S. The zero-order valence-electron chi connectivity index (χ0n) is 8.93. The highest BCUT2D eigenvalue weighted by atomic mass is 35.5. The number of aromatic nitrogens is 2. The van der Waals surface area contributed by atoms with Gasteiger partial charge in [-0.05, 0) is 0 Å². The van der Waals surface area contributed by atoms with Crippen molar-refractivity contribution in [1.29, 1.82) is 0 Å². The molecule has 0 spiro atoms. The number of nitrogens with zero attached hydrogens (tertiary/aromatic N) is 2. The summed E-state index contributed by atoms with van der Waals surface area (Å²) in [6.45, 7) is 2.83. The molecular weight excluding hydrogens is 252 g/mol. The first kappa shape index (κ1) is 13.4. The summed E-state index contributed by atoms with van der Waals surface area (Å²) in [6, 6.07) is 0. The molecule has 0 aliphatic carbocycles. The molecule has 2 heterocycles. The quantitative estimate of drug-likeness (QED) is 0.770. The van der Waals surface area contributed by atoms with Gasteiger partial charge in [-0.15, -0.1) is 12.4 Å². The van der Waals surface area contributed by atoms with Gasteiger partial charge in [0.2, 0.25) is 10.0 Å². The molecule has 16 heavy (non-hydrogen) atoms. The lowest BCUT2D eigenvalue weighted by atomic mass is 10.4. The van der Waals surface area contributed by atoms with Crippen LogP contribution in [0.1, 0.15) is 11.5 Å². The fourth-order valence-electron chi connectivity index (χ4n) is 1.54. The van der Waals surface area contributed by atoms with Crippen molar-refractivity contribution in [2.75, 3.05) is 12.8 Å². The predicted molar refractivity (Wildman–Crippen MR) is 62.9 cm³/mol. The summed E-state index contributed by atoms with van der Waals surface area (Å²) in [4.78, 5) is 4.33. The van der Waals surface area contributed by atoms with Crippen LogP contribution in [0.4, 0.5) is 0 Å². The van der Waals surface area contributed by atoms with Crippen molar-refractivity contribution in [1.82, 2.24) is 19.6 Å². The monoisotopic (exact) mass is 266 g/mol. The molecule has 92 valence electrons. The van der Waals surface area contributed by atoms with Gasteiger partial charge in [0.05, 0.1) is 25.0 Å². The average molecular weight is 267 g/mol. The summed E-state index contributed by atoms with van der Waals surface area (Å²) in [7, 11) is -3.14. The Labute approximate surface area is 101 Å². The first-order valence-corrected chi connectivity index (χ1v) is 6.64. The second-order valence-electron chi connectivity index (χ2n) is 3.61. The third-order valence-electron chi connectivity index (χ3n) is 2.24. The van der Waals surface area contributed by atoms with Crippen LogP contribution >= 0.6 is 12.4 Å². The standard InChI is InChI=1S/C8H14N4O2S.ClH/c1-15(13,14)10-4-7-6-12-3-2-9-5-8(12)11-7;/h6,9-10H,2-5H2,1H3;1H. The van der Waals surface area contributed by atoms with Crippen molar-refractivity contribution < 1.29 is 8.42 Å². The van der Waals surface area contributed by atoms with E-state index < -0.39 is 10.0 Å². The first-order valence-electron chi connectivity index (χ1n) is 4.75. The fraction of sp³-hybridized carbons (Fsp3) is 0.625. The minimum atomic E-state index is -3.14. The van der Waals surface area contributed by atoms with E-state index in [-0.39, 0.29) is 19.0 Å². The van der Waals surface area contributed by atoms with Gasteiger partial charge in [0, 0.05) is 19.3 Å². The van der Waals surface area contributed by atoms with Crippen molar-refractivity contribution in [3.63, 3.8) is 0 Å². The van der Waals surface area contributed by atoms with Crippen molar-refractivity contribution in [2.24, 2.45) is 0 Å².